The number of methoxy groups -OCH3 is 1. The summed E-state index contributed by atoms with van der Waals surface area (Å²) in [4.78, 5) is -0.0881. The lowest BCUT2D eigenvalue weighted by molar-refractivity contribution is 0.0476. The van der Waals surface area contributed by atoms with E-state index in [0.717, 1.165) is 18.9 Å². The van der Waals surface area contributed by atoms with Gasteiger partial charge in [-0.2, -0.15) is 4.31 Å². The fraction of sp³-hybridized carbons (Fsp3) is 0.368. The van der Waals surface area contributed by atoms with E-state index in [1.165, 1.54) is 23.0 Å². The highest BCUT2D eigenvalue weighted by atomic mass is 79.9. The van der Waals surface area contributed by atoms with E-state index in [2.05, 4.69) is 28.1 Å². The smallest absolute Gasteiger partial charge is 0.243 e. The lowest BCUT2D eigenvalue weighted by atomic mass is 9.90. The van der Waals surface area contributed by atoms with E-state index in [1.807, 2.05) is 18.2 Å². The first-order valence-corrected chi connectivity index (χ1v) is 10.8. The minimum absolute atomic E-state index is 0.0708. The molecule has 2 aromatic rings. The van der Waals surface area contributed by atoms with E-state index >= 15 is 0 Å². The van der Waals surface area contributed by atoms with Crippen molar-refractivity contribution >= 4 is 26.0 Å². The summed E-state index contributed by atoms with van der Waals surface area (Å²) in [5.74, 6) is -0.483. The summed E-state index contributed by atoms with van der Waals surface area (Å²) in [6, 6.07) is 12.5. The van der Waals surface area contributed by atoms with Crippen molar-refractivity contribution in [1.29, 1.82) is 0 Å². The van der Waals surface area contributed by atoms with E-state index in [0.29, 0.717) is 19.0 Å². The molecule has 1 aliphatic rings. The number of hydrogen-bond donors (Lipinski definition) is 0. The molecule has 0 N–H and O–H groups in total. The minimum Gasteiger partial charge on any atom is -0.463 e. The molecule has 1 saturated heterocycles. The van der Waals surface area contributed by atoms with Crippen molar-refractivity contribution in [3.05, 3.63) is 58.3 Å². The van der Waals surface area contributed by atoms with Gasteiger partial charge in [-0.1, -0.05) is 30.3 Å². The molecule has 0 unspecified atom stereocenters. The zero-order chi connectivity index (χ0) is 19.4. The van der Waals surface area contributed by atoms with Crippen molar-refractivity contribution in [3.63, 3.8) is 0 Å². The van der Waals surface area contributed by atoms with Crippen molar-refractivity contribution in [1.82, 2.24) is 4.31 Å². The molecule has 1 heterocycles. The second-order valence-electron chi connectivity index (χ2n) is 6.36. The molecule has 27 heavy (non-hydrogen) atoms. The maximum Gasteiger partial charge on any atom is 0.243 e. The Morgan fingerprint density at radius 3 is 2.44 bits per heavy atom. The van der Waals surface area contributed by atoms with Gasteiger partial charge in [-0.25, -0.2) is 12.8 Å². The van der Waals surface area contributed by atoms with E-state index < -0.39 is 15.8 Å². The third-order valence-electron chi connectivity index (χ3n) is 4.66. The van der Waals surface area contributed by atoms with Crippen LogP contribution in [0.1, 0.15) is 24.3 Å². The van der Waals surface area contributed by atoms with E-state index in [4.69, 9.17) is 9.47 Å². The standard InChI is InChI=1S/C19H21BrFNO4S/c1-25-13-26-19-17(20)11-16(12-18(19)21)27(23,24)22-9-7-15(8-10-22)14-5-3-2-4-6-14/h2-6,11-12,15H,7-10,13H2,1H3. The zero-order valence-electron chi connectivity index (χ0n) is 14.9. The number of piperidine rings is 1. The zero-order valence-corrected chi connectivity index (χ0v) is 17.3. The fourth-order valence-electron chi connectivity index (χ4n) is 3.25. The van der Waals surface area contributed by atoms with Gasteiger partial charge in [0, 0.05) is 20.2 Å². The average Bonchev–Trinajstić information content (AvgIpc) is 2.68. The maximum absolute atomic E-state index is 14.3. The number of ether oxygens (including phenoxy) is 2. The van der Waals surface area contributed by atoms with Gasteiger partial charge < -0.3 is 9.47 Å². The topological polar surface area (TPSA) is 55.8 Å². The molecule has 1 aliphatic heterocycles. The molecular weight excluding hydrogens is 437 g/mol. The van der Waals surface area contributed by atoms with Gasteiger partial charge in [0.05, 0.1) is 9.37 Å². The molecule has 0 bridgehead atoms. The van der Waals surface area contributed by atoms with Crippen molar-refractivity contribution in [2.75, 3.05) is 27.0 Å². The summed E-state index contributed by atoms with van der Waals surface area (Å²) in [6.45, 7) is 0.681. The Balaban J connectivity index is 1.75. The molecule has 0 saturated carbocycles. The Bertz CT molecular complexity index is 861. The summed E-state index contributed by atoms with van der Waals surface area (Å²) in [5.41, 5.74) is 1.22. The van der Waals surface area contributed by atoms with Gasteiger partial charge in [-0.15, -0.1) is 0 Å². The molecule has 146 valence electrons. The lowest BCUT2D eigenvalue weighted by Gasteiger charge is -2.31. The quantitative estimate of drug-likeness (QED) is 0.611. The first kappa shape index (κ1) is 20.3. The number of benzene rings is 2. The second kappa shape index (κ2) is 8.68. The van der Waals surface area contributed by atoms with Crippen molar-refractivity contribution in [2.24, 2.45) is 0 Å². The Morgan fingerprint density at radius 2 is 1.85 bits per heavy atom. The van der Waals surface area contributed by atoms with Gasteiger partial charge in [-0.3, -0.25) is 0 Å². The van der Waals surface area contributed by atoms with Crippen LogP contribution in [0.4, 0.5) is 4.39 Å². The second-order valence-corrected chi connectivity index (χ2v) is 9.15. The number of rotatable bonds is 6. The van der Waals surface area contributed by atoms with E-state index in [1.54, 1.807) is 0 Å². The predicted molar refractivity (Wildman–Crippen MR) is 104 cm³/mol. The van der Waals surface area contributed by atoms with Crippen LogP contribution in [0, 0.1) is 5.82 Å². The van der Waals surface area contributed by atoms with Crippen LogP contribution in [0.25, 0.3) is 0 Å². The summed E-state index contributed by atoms with van der Waals surface area (Å²) in [6.07, 6.45) is 1.48. The molecule has 8 heteroatoms. The first-order chi connectivity index (χ1) is 12.9. The van der Waals surface area contributed by atoms with Crippen LogP contribution in [0.3, 0.4) is 0 Å². The van der Waals surface area contributed by atoms with Crippen LogP contribution in [-0.4, -0.2) is 39.7 Å². The normalized spacial score (nSPS) is 16.4. The highest BCUT2D eigenvalue weighted by Crippen LogP contribution is 2.34. The fourth-order valence-corrected chi connectivity index (χ4v) is 5.46. The largest absolute Gasteiger partial charge is 0.463 e. The van der Waals surface area contributed by atoms with Gasteiger partial charge in [-0.05, 0) is 52.4 Å². The number of nitrogens with zero attached hydrogens (tertiary/aromatic N) is 1. The van der Waals surface area contributed by atoms with Crippen LogP contribution in [0.2, 0.25) is 0 Å². The molecule has 0 spiro atoms. The minimum atomic E-state index is -3.77. The third kappa shape index (κ3) is 4.51. The molecule has 5 nitrogen and oxygen atoms in total. The highest BCUT2D eigenvalue weighted by Gasteiger charge is 2.31. The van der Waals surface area contributed by atoms with Gasteiger partial charge >= 0.3 is 0 Å². The molecular formula is C19H21BrFNO4S. The molecule has 0 aliphatic carbocycles. The molecule has 0 radical (unpaired) electrons. The molecule has 0 amide bonds. The highest BCUT2D eigenvalue weighted by molar-refractivity contribution is 9.10. The van der Waals surface area contributed by atoms with Gasteiger partial charge in [0.25, 0.3) is 0 Å². The summed E-state index contributed by atoms with van der Waals surface area (Å²) < 4.78 is 51.7. The van der Waals surface area contributed by atoms with E-state index in [-0.39, 0.29) is 21.9 Å². The molecule has 1 fully saturated rings. The predicted octanol–water partition coefficient (Wildman–Crippen LogP) is 4.14. The first-order valence-electron chi connectivity index (χ1n) is 8.59. The Kier molecular flexibility index (Phi) is 6.52. The van der Waals surface area contributed by atoms with Gasteiger partial charge in [0.2, 0.25) is 10.0 Å². The van der Waals surface area contributed by atoms with Crippen LogP contribution in [-0.2, 0) is 14.8 Å². The van der Waals surface area contributed by atoms with Crippen LogP contribution < -0.4 is 4.74 Å². The van der Waals surface area contributed by atoms with Crippen molar-refractivity contribution < 1.29 is 22.3 Å². The van der Waals surface area contributed by atoms with Crippen molar-refractivity contribution in [3.8, 4) is 5.75 Å². The SMILES string of the molecule is COCOc1c(F)cc(S(=O)(=O)N2CCC(c3ccccc3)CC2)cc1Br. The average molecular weight is 458 g/mol. The lowest BCUT2D eigenvalue weighted by Crippen LogP contribution is -2.37. The number of sulfonamides is 1. The van der Waals surface area contributed by atoms with E-state index in [9.17, 15) is 12.8 Å². The maximum atomic E-state index is 14.3. The monoisotopic (exact) mass is 457 g/mol. The summed E-state index contributed by atoms with van der Waals surface area (Å²) in [5, 5.41) is 0. The van der Waals surface area contributed by atoms with Gasteiger partial charge in [0.1, 0.15) is 0 Å². The number of hydrogen-bond acceptors (Lipinski definition) is 4. The van der Waals surface area contributed by atoms with Crippen LogP contribution >= 0.6 is 15.9 Å². The summed E-state index contributed by atoms with van der Waals surface area (Å²) in [7, 11) is -2.35. The Hall–Kier alpha value is -1.48. The van der Waals surface area contributed by atoms with Gasteiger partial charge in [0.15, 0.2) is 18.4 Å². The number of halogens is 2. The Morgan fingerprint density at radius 1 is 1.19 bits per heavy atom. The van der Waals surface area contributed by atoms with Crippen molar-refractivity contribution in [2.45, 2.75) is 23.7 Å². The summed E-state index contributed by atoms with van der Waals surface area (Å²) >= 11 is 3.18. The van der Waals surface area contributed by atoms with Crippen LogP contribution in [0.5, 0.6) is 5.75 Å². The Labute approximate surface area is 167 Å². The third-order valence-corrected chi connectivity index (χ3v) is 7.12. The molecule has 0 atom stereocenters. The molecule has 3 rings (SSSR count). The molecule has 0 aromatic heterocycles. The van der Waals surface area contributed by atoms with Crippen LogP contribution in [0.15, 0.2) is 51.8 Å². The molecule has 2 aromatic carbocycles.